The Labute approximate surface area is 186 Å². The topological polar surface area (TPSA) is 59.0 Å². The number of pyridine rings is 1. The number of nitrogens with one attached hydrogen (secondary N) is 1. The Morgan fingerprint density at radius 3 is 2.82 bits per heavy atom. The first-order valence-electron chi connectivity index (χ1n) is 10.5. The fourth-order valence-corrected chi connectivity index (χ4v) is 3.66. The third-order valence-electron chi connectivity index (χ3n) is 5.22. The minimum atomic E-state index is 0. The van der Waals surface area contributed by atoms with Crippen LogP contribution >= 0.6 is 24.0 Å². The summed E-state index contributed by atoms with van der Waals surface area (Å²) in [6, 6.07) is 6.03. The highest BCUT2D eigenvalue weighted by Gasteiger charge is 2.23. The number of aliphatic imine (C=N–C) groups is 1. The summed E-state index contributed by atoms with van der Waals surface area (Å²) in [6.45, 7) is 7.40. The molecule has 0 bridgehead atoms. The second kappa shape index (κ2) is 13.3. The lowest BCUT2D eigenvalue weighted by Gasteiger charge is -2.35. The van der Waals surface area contributed by atoms with Gasteiger partial charge in [0.1, 0.15) is 0 Å². The van der Waals surface area contributed by atoms with E-state index in [2.05, 4.69) is 28.2 Å². The van der Waals surface area contributed by atoms with Crippen LogP contribution in [0.5, 0.6) is 0 Å². The predicted molar refractivity (Wildman–Crippen MR) is 123 cm³/mol. The SMILES string of the molecule is CCNC(=NCCc1ccccn1)N1CCC(OCC2CCCCO2)CC1.I. The molecule has 2 aliphatic rings. The first-order chi connectivity index (χ1) is 13.3. The monoisotopic (exact) mass is 502 g/mol. The Morgan fingerprint density at radius 1 is 1.29 bits per heavy atom. The molecule has 2 saturated heterocycles. The van der Waals surface area contributed by atoms with Gasteiger partial charge in [0.2, 0.25) is 0 Å². The van der Waals surface area contributed by atoms with Gasteiger partial charge < -0.3 is 19.7 Å². The number of ether oxygens (including phenoxy) is 2. The zero-order chi connectivity index (χ0) is 18.7. The lowest BCUT2D eigenvalue weighted by Crippen LogP contribution is -2.47. The van der Waals surface area contributed by atoms with Crippen molar-refractivity contribution in [1.29, 1.82) is 0 Å². The van der Waals surface area contributed by atoms with Crippen molar-refractivity contribution >= 4 is 29.9 Å². The summed E-state index contributed by atoms with van der Waals surface area (Å²) < 4.78 is 11.9. The van der Waals surface area contributed by atoms with Gasteiger partial charge in [-0.05, 0) is 51.2 Å². The van der Waals surface area contributed by atoms with Crippen LogP contribution in [-0.2, 0) is 15.9 Å². The van der Waals surface area contributed by atoms with Gasteiger partial charge in [-0.15, -0.1) is 24.0 Å². The van der Waals surface area contributed by atoms with Gasteiger partial charge in [-0.1, -0.05) is 6.07 Å². The molecule has 2 fully saturated rings. The molecule has 28 heavy (non-hydrogen) atoms. The third-order valence-corrected chi connectivity index (χ3v) is 5.22. The highest BCUT2D eigenvalue weighted by molar-refractivity contribution is 14.0. The number of likely N-dealkylation sites (tertiary alicyclic amines) is 1. The first-order valence-corrected chi connectivity index (χ1v) is 10.5. The second-order valence-corrected chi connectivity index (χ2v) is 7.32. The fraction of sp³-hybridized carbons (Fsp3) is 0.714. The fourth-order valence-electron chi connectivity index (χ4n) is 3.66. The maximum absolute atomic E-state index is 6.13. The van der Waals surface area contributed by atoms with Crippen molar-refractivity contribution in [2.24, 2.45) is 4.99 Å². The van der Waals surface area contributed by atoms with E-state index in [9.17, 15) is 0 Å². The minimum absolute atomic E-state index is 0. The summed E-state index contributed by atoms with van der Waals surface area (Å²) in [7, 11) is 0. The number of aromatic nitrogens is 1. The van der Waals surface area contributed by atoms with Crippen molar-refractivity contribution in [3.63, 3.8) is 0 Å². The van der Waals surface area contributed by atoms with E-state index in [-0.39, 0.29) is 24.0 Å². The number of hydrogen-bond acceptors (Lipinski definition) is 4. The quantitative estimate of drug-likeness (QED) is 0.353. The molecule has 3 rings (SSSR count). The van der Waals surface area contributed by atoms with E-state index in [0.29, 0.717) is 12.2 Å². The average Bonchev–Trinajstić information content (AvgIpc) is 2.74. The molecule has 0 aromatic carbocycles. The number of halogens is 1. The molecule has 0 aliphatic carbocycles. The standard InChI is InChI=1S/C21H34N4O2.HI/c1-2-22-21(24-13-9-18-7-3-5-12-23-18)25-14-10-19(11-15-25)27-17-20-8-4-6-16-26-20;/h3,5,7,12,19-20H,2,4,6,8-11,13-17H2,1H3,(H,22,24);1H. The number of hydrogen-bond donors (Lipinski definition) is 1. The lowest BCUT2D eigenvalue weighted by atomic mass is 10.1. The molecule has 0 saturated carbocycles. The molecule has 7 heteroatoms. The summed E-state index contributed by atoms with van der Waals surface area (Å²) in [5, 5.41) is 3.43. The van der Waals surface area contributed by atoms with Crippen LogP contribution in [0.25, 0.3) is 0 Å². The van der Waals surface area contributed by atoms with Crippen molar-refractivity contribution in [3.05, 3.63) is 30.1 Å². The Hall–Kier alpha value is -0.930. The van der Waals surface area contributed by atoms with Crippen LogP contribution in [-0.4, -0.2) is 67.4 Å². The minimum Gasteiger partial charge on any atom is -0.376 e. The van der Waals surface area contributed by atoms with Gasteiger partial charge in [0.25, 0.3) is 0 Å². The van der Waals surface area contributed by atoms with Crippen LogP contribution in [0.2, 0.25) is 0 Å². The zero-order valence-electron chi connectivity index (χ0n) is 17.0. The Balaban J connectivity index is 0.00000280. The predicted octanol–water partition coefficient (Wildman–Crippen LogP) is 3.26. The molecule has 3 heterocycles. The van der Waals surface area contributed by atoms with Crippen molar-refractivity contribution in [2.75, 3.05) is 39.4 Å². The number of guanidine groups is 1. The smallest absolute Gasteiger partial charge is 0.193 e. The van der Waals surface area contributed by atoms with E-state index in [4.69, 9.17) is 14.5 Å². The van der Waals surface area contributed by atoms with Crippen molar-refractivity contribution in [2.45, 2.75) is 57.7 Å². The molecular weight excluding hydrogens is 467 g/mol. The summed E-state index contributed by atoms with van der Waals surface area (Å²) in [4.78, 5) is 11.5. The lowest BCUT2D eigenvalue weighted by molar-refractivity contribution is -0.0721. The second-order valence-electron chi connectivity index (χ2n) is 7.32. The van der Waals surface area contributed by atoms with Crippen molar-refractivity contribution < 1.29 is 9.47 Å². The van der Waals surface area contributed by atoms with Gasteiger partial charge in [-0.2, -0.15) is 0 Å². The Bertz CT molecular complexity index is 559. The summed E-state index contributed by atoms with van der Waals surface area (Å²) in [5.41, 5.74) is 1.09. The van der Waals surface area contributed by atoms with E-state index in [0.717, 1.165) is 76.7 Å². The molecular formula is C21H35IN4O2. The van der Waals surface area contributed by atoms with Gasteiger partial charge >= 0.3 is 0 Å². The van der Waals surface area contributed by atoms with Crippen LogP contribution < -0.4 is 5.32 Å². The van der Waals surface area contributed by atoms with Crippen molar-refractivity contribution in [1.82, 2.24) is 15.2 Å². The molecule has 1 aromatic rings. The molecule has 1 atom stereocenters. The maximum atomic E-state index is 6.13. The largest absolute Gasteiger partial charge is 0.376 e. The molecule has 1 aromatic heterocycles. The van der Waals surface area contributed by atoms with E-state index in [1.54, 1.807) is 0 Å². The highest BCUT2D eigenvalue weighted by Crippen LogP contribution is 2.18. The maximum Gasteiger partial charge on any atom is 0.193 e. The van der Waals surface area contributed by atoms with Crippen LogP contribution in [0.3, 0.4) is 0 Å². The van der Waals surface area contributed by atoms with Crippen molar-refractivity contribution in [3.8, 4) is 0 Å². The van der Waals surface area contributed by atoms with Gasteiger partial charge in [0.15, 0.2) is 5.96 Å². The molecule has 1 N–H and O–H groups in total. The Kier molecular flexibility index (Phi) is 11.1. The van der Waals surface area contributed by atoms with Gasteiger partial charge in [0.05, 0.1) is 18.8 Å². The van der Waals surface area contributed by atoms with Crippen LogP contribution in [0, 0.1) is 0 Å². The summed E-state index contributed by atoms with van der Waals surface area (Å²) >= 11 is 0. The molecule has 2 aliphatic heterocycles. The molecule has 1 unspecified atom stereocenters. The number of rotatable bonds is 7. The molecule has 0 amide bonds. The molecule has 158 valence electrons. The summed E-state index contributed by atoms with van der Waals surface area (Å²) in [6.07, 6.45) is 9.09. The number of piperidine rings is 1. The first kappa shape index (κ1) is 23.3. The normalized spacial score (nSPS) is 21.2. The van der Waals surface area contributed by atoms with E-state index in [1.807, 2.05) is 18.3 Å². The molecule has 6 nitrogen and oxygen atoms in total. The van der Waals surface area contributed by atoms with Gasteiger partial charge in [-0.25, -0.2) is 0 Å². The van der Waals surface area contributed by atoms with Crippen LogP contribution in [0.1, 0.15) is 44.7 Å². The summed E-state index contributed by atoms with van der Waals surface area (Å²) in [5.74, 6) is 1.02. The van der Waals surface area contributed by atoms with Crippen LogP contribution in [0.15, 0.2) is 29.4 Å². The third kappa shape index (κ3) is 7.83. The van der Waals surface area contributed by atoms with E-state index >= 15 is 0 Å². The average molecular weight is 502 g/mol. The van der Waals surface area contributed by atoms with Gasteiger partial charge in [0, 0.05) is 51.1 Å². The number of nitrogens with zero attached hydrogens (tertiary/aromatic N) is 3. The van der Waals surface area contributed by atoms with Crippen LogP contribution in [0.4, 0.5) is 0 Å². The molecule has 0 spiro atoms. The zero-order valence-corrected chi connectivity index (χ0v) is 19.3. The Morgan fingerprint density at radius 2 is 2.14 bits per heavy atom. The van der Waals surface area contributed by atoms with Gasteiger partial charge in [-0.3, -0.25) is 9.98 Å². The van der Waals surface area contributed by atoms with E-state index in [1.165, 1.54) is 12.8 Å². The van der Waals surface area contributed by atoms with E-state index < -0.39 is 0 Å². The molecule has 0 radical (unpaired) electrons. The highest BCUT2D eigenvalue weighted by atomic mass is 127.